The van der Waals surface area contributed by atoms with Crippen molar-refractivity contribution in [3.63, 3.8) is 0 Å². The van der Waals surface area contributed by atoms with Crippen LogP contribution < -0.4 is 0 Å². The van der Waals surface area contributed by atoms with Crippen LogP contribution in [0.5, 0.6) is 5.75 Å². The predicted molar refractivity (Wildman–Crippen MR) is 56.1 cm³/mol. The lowest BCUT2D eigenvalue weighted by molar-refractivity contribution is -0.105. The molecule has 0 saturated carbocycles. The Balaban J connectivity index is 3.06. The largest absolute Gasteiger partial charge is 0.507 e. The number of rotatable bonds is 2. The minimum atomic E-state index is -0.547. The number of hydrogen-bond acceptors (Lipinski definition) is 2. The van der Waals surface area contributed by atoms with E-state index in [1.54, 1.807) is 22.6 Å². The van der Waals surface area contributed by atoms with Crippen LogP contribution in [0.1, 0.15) is 5.56 Å². The van der Waals surface area contributed by atoms with E-state index in [9.17, 15) is 14.3 Å². The molecule has 1 aromatic rings. The molecule has 1 N–H and O–H groups in total. The second kappa shape index (κ2) is 4.36. The Kier molecular flexibility index (Phi) is 3.41. The molecule has 68 valence electrons. The predicted octanol–water partition coefficient (Wildman–Crippen LogP) is 2.51. The van der Waals surface area contributed by atoms with E-state index in [2.05, 4.69) is 0 Å². The van der Waals surface area contributed by atoms with Crippen LogP contribution in [0, 0.1) is 5.82 Å². The molecule has 0 amide bonds. The van der Waals surface area contributed by atoms with E-state index in [4.69, 9.17) is 0 Å². The lowest BCUT2D eigenvalue weighted by Gasteiger charge is -1.98. The van der Waals surface area contributed by atoms with Crippen molar-refractivity contribution in [2.75, 3.05) is 0 Å². The molecule has 0 saturated heterocycles. The Labute approximate surface area is 88.2 Å². The zero-order chi connectivity index (χ0) is 9.84. The van der Waals surface area contributed by atoms with Gasteiger partial charge in [0.25, 0.3) is 0 Å². The maximum atomic E-state index is 13.0. The van der Waals surface area contributed by atoms with Gasteiger partial charge in [0.15, 0.2) is 0 Å². The summed E-state index contributed by atoms with van der Waals surface area (Å²) in [7, 11) is 0. The van der Waals surface area contributed by atoms with Gasteiger partial charge in [-0.1, -0.05) is 6.07 Å². The minimum absolute atomic E-state index is 0.0347. The molecular formula is C9H6FIO2. The fourth-order valence-corrected chi connectivity index (χ4v) is 1.02. The summed E-state index contributed by atoms with van der Waals surface area (Å²) in [4.78, 5) is 10.5. The fraction of sp³-hybridized carbons (Fsp3) is 0. The van der Waals surface area contributed by atoms with Gasteiger partial charge in [-0.3, -0.25) is 4.79 Å². The van der Waals surface area contributed by atoms with E-state index in [1.807, 2.05) is 0 Å². The molecule has 0 aliphatic heterocycles. The van der Waals surface area contributed by atoms with Crippen molar-refractivity contribution < 1.29 is 14.3 Å². The summed E-state index contributed by atoms with van der Waals surface area (Å²) < 4.78 is 12.8. The van der Waals surface area contributed by atoms with Crippen LogP contribution in [0.2, 0.25) is 0 Å². The van der Waals surface area contributed by atoms with Crippen LogP contribution in [-0.2, 0) is 4.79 Å². The molecule has 0 fully saturated rings. The maximum Gasteiger partial charge on any atom is 0.215 e. The van der Waals surface area contributed by atoms with E-state index < -0.39 is 5.82 Å². The van der Waals surface area contributed by atoms with Crippen molar-refractivity contribution in [1.29, 1.82) is 0 Å². The van der Waals surface area contributed by atoms with E-state index in [-0.39, 0.29) is 15.1 Å². The number of benzene rings is 1. The number of aromatic hydroxyl groups is 1. The van der Waals surface area contributed by atoms with Crippen LogP contribution in [-0.4, -0.2) is 8.90 Å². The van der Waals surface area contributed by atoms with Crippen molar-refractivity contribution in [3.05, 3.63) is 35.7 Å². The minimum Gasteiger partial charge on any atom is -0.507 e. The summed E-state index contributed by atoms with van der Waals surface area (Å²) in [5.41, 5.74) is 0.0347. The summed E-state index contributed by atoms with van der Waals surface area (Å²) in [6, 6.07) is 3.98. The van der Waals surface area contributed by atoms with Crippen LogP contribution in [0.4, 0.5) is 4.39 Å². The summed E-state index contributed by atoms with van der Waals surface area (Å²) in [5, 5.41) is 9.20. The molecule has 0 heterocycles. The number of allylic oxidation sites excluding steroid dienone is 1. The summed E-state index contributed by atoms with van der Waals surface area (Å²) in [5.74, 6) is -0.720. The van der Waals surface area contributed by atoms with Gasteiger partial charge in [0.2, 0.25) is 3.79 Å². The van der Waals surface area contributed by atoms with Crippen molar-refractivity contribution in [2.24, 2.45) is 0 Å². The highest BCUT2D eigenvalue weighted by Crippen LogP contribution is 2.21. The van der Waals surface area contributed by atoms with Crippen LogP contribution in [0.15, 0.2) is 24.3 Å². The van der Waals surface area contributed by atoms with Crippen molar-refractivity contribution in [2.45, 2.75) is 0 Å². The van der Waals surface area contributed by atoms with E-state index in [0.29, 0.717) is 0 Å². The highest BCUT2D eigenvalue weighted by atomic mass is 127. The van der Waals surface area contributed by atoms with Gasteiger partial charge in [-0.25, -0.2) is 4.39 Å². The third kappa shape index (κ3) is 2.80. The molecule has 4 heteroatoms. The summed E-state index contributed by atoms with van der Waals surface area (Å²) in [6.45, 7) is 0. The lowest BCUT2D eigenvalue weighted by atomic mass is 10.2. The first-order valence-electron chi connectivity index (χ1n) is 3.46. The first-order chi connectivity index (χ1) is 6.11. The molecule has 0 spiro atoms. The van der Waals surface area contributed by atoms with Gasteiger partial charge in [-0.05, 0) is 24.3 Å². The number of phenols is 1. The number of carbonyl (C=O) groups is 1. The van der Waals surface area contributed by atoms with Crippen LogP contribution >= 0.6 is 22.6 Å². The third-order valence-corrected chi connectivity index (χ3v) is 1.77. The molecule has 1 rings (SSSR count). The van der Waals surface area contributed by atoms with Gasteiger partial charge >= 0.3 is 0 Å². The zero-order valence-corrected chi connectivity index (χ0v) is 8.66. The molecule has 0 aromatic heterocycles. The molecule has 0 radical (unpaired) electrons. The second-order valence-corrected chi connectivity index (χ2v) is 3.37. The number of halogens is 2. The van der Waals surface area contributed by atoms with Crippen molar-refractivity contribution >= 4 is 32.5 Å². The number of phenolic OH excluding ortho intramolecular Hbond substituents is 1. The Morgan fingerprint density at radius 1 is 1.54 bits per heavy atom. The van der Waals surface area contributed by atoms with Crippen LogP contribution in [0.25, 0.3) is 6.08 Å². The lowest BCUT2D eigenvalue weighted by Crippen LogP contribution is -1.83. The standard InChI is InChI=1S/C9H6FIO2/c10-7-2-1-3-8(12)6(7)4-5-9(11)13/h1-5,12H/b5-4+. The Hall–Kier alpha value is -0.910. The first kappa shape index (κ1) is 10.2. The normalized spacial score (nSPS) is 10.6. The smallest absolute Gasteiger partial charge is 0.215 e. The van der Waals surface area contributed by atoms with Gasteiger partial charge in [0.05, 0.1) is 5.56 Å². The molecule has 0 bridgehead atoms. The molecule has 0 atom stereocenters. The number of carbonyl (C=O) groups excluding carboxylic acids is 1. The van der Waals surface area contributed by atoms with E-state index in [0.717, 1.165) is 0 Å². The maximum absolute atomic E-state index is 13.0. The van der Waals surface area contributed by atoms with E-state index >= 15 is 0 Å². The van der Waals surface area contributed by atoms with Gasteiger partial charge < -0.3 is 5.11 Å². The van der Waals surface area contributed by atoms with Gasteiger partial charge in [-0.2, -0.15) is 0 Å². The zero-order valence-electron chi connectivity index (χ0n) is 6.50. The molecule has 0 aliphatic carbocycles. The summed E-state index contributed by atoms with van der Waals surface area (Å²) in [6.07, 6.45) is 2.44. The highest BCUT2D eigenvalue weighted by molar-refractivity contribution is 14.1. The van der Waals surface area contributed by atoms with Gasteiger partial charge in [-0.15, -0.1) is 0 Å². The Morgan fingerprint density at radius 2 is 2.23 bits per heavy atom. The summed E-state index contributed by atoms with van der Waals surface area (Å²) >= 11 is 1.56. The average Bonchev–Trinajstić information content (AvgIpc) is 2.03. The van der Waals surface area contributed by atoms with Crippen molar-refractivity contribution in [1.82, 2.24) is 0 Å². The van der Waals surface area contributed by atoms with Crippen LogP contribution in [0.3, 0.4) is 0 Å². The van der Waals surface area contributed by atoms with E-state index in [1.165, 1.54) is 30.4 Å². The molecule has 13 heavy (non-hydrogen) atoms. The topological polar surface area (TPSA) is 37.3 Å². The quantitative estimate of drug-likeness (QED) is 0.516. The first-order valence-corrected chi connectivity index (χ1v) is 4.54. The van der Waals surface area contributed by atoms with Gasteiger partial charge in [0.1, 0.15) is 11.6 Å². The monoisotopic (exact) mass is 292 g/mol. The number of hydrogen-bond donors (Lipinski definition) is 1. The molecule has 0 unspecified atom stereocenters. The molecule has 2 nitrogen and oxygen atoms in total. The third-order valence-electron chi connectivity index (χ3n) is 1.41. The molecule has 0 aliphatic rings. The Morgan fingerprint density at radius 3 is 2.77 bits per heavy atom. The highest BCUT2D eigenvalue weighted by Gasteiger charge is 2.03. The average molecular weight is 292 g/mol. The van der Waals surface area contributed by atoms with Crippen molar-refractivity contribution in [3.8, 4) is 5.75 Å². The SMILES string of the molecule is O=C(I)/C=C/c1c(O)cccc1F. The molecule has 1 aromatic carbocycles. The second-order valence-electron chi connectivity index (χ2n) is 2.31. The fourth-order valence-electron chi connectivity index (χ4n) is 0.839. The Bertz CT molecular complexity index is 340. The van der Waals surface area contributed by atoms with Gasteiger partial charge in [0, 0.05) is 22.6 Å². The molecular weight excluding hydrogens is 286 g/mol.